The van der Waals surface area contributed by atoms with Crippen molar-refractivity contribution in [1.82, 2.24) is 0 Å². The van der Waals surface area contributed by atoms with Crippen LogP contribution in [0, 0.1) is 0 Å². The standard InChI is InChI=1S/C16H12O4/c17-15(18)13-8-6-11(7-9-13)4-5-12-2-1-3-14(10-12)16(19)20/h1-10H,(H,17,18)(H,19,20). The topological polar surface area (TPSA) is 74.6 Å². The summed E-state index contributed by atoms with van der Waals surface area (Å²) in [6.07, 6.45) is 3.58. The van der Waals surface area contributed by atoms with Gasteiger partial charge in [-0.25, -0.2) is 9.59 Å². The van der Waals surface area contributed by atoms with Crippen molar-refractivity contribution in [3.8, 4) is 0 Å². The van der Waals surface area contributed by atoms with E-state index in [1.54, 1.807) is 42.5 Å². The molecule has 0 heterocycles. The normalized spacial score (nSPS) is 10.6. The van der Waals surface area contributed by atoms with Gasteiger partial charge in [-0.2, -0.15) is 0 Å². The summed E-state index contributed by atoms with van der Waals surface area (Å²) in [5, 5.41) is 17.7. The highest BCUT2D eigenvalue weighted by atomic mass is 16.4. The molecule has 2 N–H and O–H groups in total. The first kappa shape index (κ1) is 13.5. The van der Waals surface area contributed by atoms with Gasteiger partial charge in [0, 0.05) is 0 Å². The molecule has 100 valence electrons. The van der Waals surface area contributed by atoms with Crippen LogP contribution in [0.1, 0.15) is 31.8 Å². The van der Waals surface area contributed by atoms with E-state index >= 15 is 0 Å². The second-order valence-electron chi connectivity index (χ2n) is 4.19. The number of rotatable bonds is 4. The highest BCUT2D eigenvalue weighted by Crippen LogP contribution is 2.11. The molecule has 2 aromatic rings. The number of aromatic carboxylic acids is 2. The molecule has 0 amide bonds. The van der Waals surface area contributed by atoms with Crippen LogP contribution in [0.15, 0.2) is 48.5 Å². The molecule has 0 atom stereocenters. The van der Waals surface area contributed by atoms with Crippen LogP contribution in [0.25, 0.3) is 12.2 Å². The number of carbonyl (C=O) groups is 2. The molecule has 0 fully saturated rings. The minimum absolute atomic E-state index is 0.230. The van der Waals surface area contributed by atoms with Crippen LogP contribution in [-0.4, -0.2) is 22.2 Å². The molecule has 0 bridgehead atoms. The molecule has 0 aromatic heterocycles. The van der Waals surface area contributed by atoms with Crippen molar-refractivity contribution in [2.24, 2.45) is 0 Å². The Labute approximate surface area is 115 Å². The van der Waals surface area contributed by atoms with Crippen LogP contribution in [0.4, 0.5) is 0 Å². The van der Waals surface area contributed by atoms with Crippen LogP contribution < -0.4 is 0 Å². The Morgan fingerprint density at radius 1 is 0.750 bits per heavy atom. The first-order valence-corrected chi connectivity index (χ1v) is 5.91. The Morgan fingerprint density at radius 3 is 1.95 bits per heavy atom. The van der Waals surface area contributed by atoms with Crippen molar-refractivity contribution in [2.45, 2.75) is 0 Å². The number of hydrogen-bond acceptors (Lipinski definition) is 2. The van der Waals surface area contributed by atoms with Gasteiger partial charge in [-0.15, -0.1) is 0 Å². The lowest BCUT2D eigenvalue weighted by atomic mass is 10.1. The average Bonchev–Trinajstić information content (AvgIpc) is 2.46. The number of carboxylic acid groups (broad SMARTS) is 2. The lowest BCUT2D eigenvalue weighted by Crippen LogP contribution is -1.95. The summed E-state index contributed by atoms with van der Waals surface area (Å²) < 4.78 is 0. The lowest BCUT2D eigenvalue weighted by Gasteiger charge is -1.98. The summed E-state index contributed by atoms with van der Waals surface area (Å²) in [5.41, 5.74) is 2.08. The molecular weight excluding hydrogens is 256 g/mol. The summed E-state index contributed by atoms with van der Waals surface area (Å²) in [4.78, 5) is 21.6. The molecule has 0 aliphatic heterocycles. The molecule has 4 heteroatoms. The molecule has 0 spiro atoms. The third kappa shape index (κ3) is 3.32. The summed E-state index contributed by atoms with van der Waals surface area (Å²) in [6, 6.07) is 13.0. The SMILES string of the molecule is O=C(O)c1ccc(C=Cc2cccc(C(=O)O)c2)cc1. The van der Waals surface area contributed by atoms with E-state index in [0.29, 0.717) is 0 Å². The Morgan fingerprint density at radius 2 is 1.35 bits per heavy atom. The molecule has 2 rings (SSSR count). The van der Waals surface area contributed by atoms with E-state index in [-0.39, 0.29) is 11.1 Å². The molecule has 0 radical (unpaired) electrons. The van der Waals surface area contributed by atoms with Crippen LogP contribution >= 0.6 is 0 Å². The minimum Gasteiger partial charge on any atom is -0.478 e. The Bertz CT molecular complexity index is 669. The van der Waals surface area contributed by atoms with Gasteiger partial charge < -0.3 is 10.2 Å². The van der Waals surface area contributed by atoms with Crippen LogP contribution in [0.5, 0.6) is 0 Å². The van der Waals surface area contributed by atoms with Gasteiger partial charge in [-0.1, -0.05) is 36.4 Å². The van der Waals surface area contributed by atoms with E-state index in [0.717, 1.165) is 11.1 Å². The molecule has 4 nitrogen and oxygen atoms in total. The van der Waals surface area contributed by atoms with E-state index < -0.39 is 11.9 Å². The smallest absolute Gasteiger partial charge is 0.335 e. The van der Waals surface area contributed by atoms with Crippen LogP contribution in [-0.2, 0) is 0 Å². The summed E-state index contributed by atoms with van der Waals surface area (Å²) in [6.45, 7) is 0. The van der Waals surface area contributed by atoms with Crippen LogP contribution in [0.2, 0.25) is 0 Å². The third-order valence-electron chi connectivity index (χ3n) is 2.76. The minimum atomic E-state index is -0.967. The van der Waals surface area contributed by atoms with Crippen molar-refractivity contribution in [2.75, 3.05) is 0 Å². The van der Waals surface area contributed by atoms with E-state index in [1.165, 1.54) is 18.2 Å². The molecule has 0 aliphatic rings. The Balaban J connectivity index is 2.18. The largest absolute Gasteiger partial charge is 0.478 e. The molecule has 0 saturated carbocycles. The van der Waals surface area contributed by atoms with Gasteiger partial charge >= 0.3 is 11.9 Å². The van der Waals surface area contributed by atoms with Gasteiger partial charge in [0.05, 0.1) is 11.1 Å². The van der Waals surface area contributed by atoms with Crippen molar-refractivity contribution < 1.29 is 19.8 Å². The third-order valence-corrected chi connectivity index (χ3v) is 2.76. The predicted molar refractivity (Wildman–Crippen MR) is 75.7 cm³/mol. The average molecular weight is 268 g/mol. The van der Waals surface area contributed by atoms with Crippen LogP contribution in [0.3, 0.4) is 0 Å². The van der Waals surface area contributed by atoms with Gasteiger partial charge in [0.15, 0.2) is 0 Å². The maximum atomic E-state index is 10.8. The van der Waals surface area contributed by atoms with E-state index in [9.17, 15) is 9.59 Å². The summed E-state index contributed by atoms with van der Waals surface area (Å²) >= 11 is 0. The van der Waals surface area contributed by atoms with Gasteiger partial charge in [-0.05, 0) is 35.4 Å². The first-order chi connectivity index (χ1) is 9.56. The lowest BCUT2D eigenvalue weighted by molar-refractivity contribution is 0.0686. The highest BCUT2D eigenvalue weighted by molar-refractivity contribution is 5.89. The van der Waals surface area contributed by atoms with E-state index in [4.69, 9.17) is 10.2 Å². The van der Waals surface area contributed by atoms with Crippen molar-refractivity contribution in [3.63, 3.8) is 0 Å². The molecule has 2 aromatic carbocycles. The van der Waals surface area contributed by atoms with Gasteiger partial charge in [0.25, 0.3) is 0 Å². The second kappa shape index (κ2) is 5.84. The maximum absolute atomic E-state index is 10.8. The zero-order valence-electron chi connectivity index (χ0n) is 10.5. The molecule has 0 unspecified atom stereocenters. The zero-order valence-corrected chi connectivity index (χ0v) is 10.5. The highest BCUT2D eigenvalue weighted by Gasteiger charge is 2.02. The monoisotopic (exact) mass is 268 g/mol. The predicted octanol–water partition coefficient (Wildman–Crippen LogP) is 3.25. The van der Waals surface area contributed by atoms with Gasteiger partial charge in [0.2, 0.25) is 0 Å². The summed E-state index contributed by atoms with van der Waals surface area (Å²) in [5.74, 6) is -1.93. The molecule has 0 aliphatic carbocycles. The summed E-state index contributed by atoms with van der Waals surface area (Å²) in [7, 11) is 0. The fourth-order valence-electron chi connectivity index (χ4n) is 1.70. The molecular formula is C16H12O4. The zero-order chi connectivity index (χ0) is 14.5. The van der Waals surface area contributed by atoms with Gasteiger partial charge in [0.1, 0.15) is 0 Å². The van der Waals surface area contributed by atoms with Crippen molar-refractivity contribution in [3.05, 3.63) is 70.8 Å². The van der Waals surface area contributed by atoms with Crippen molar-refractivity contribution >= 4 is 24.1 Å². The van der Waals surface area contributed by atoms with E-state index in [2.05, 4.69) is 0 Å². The number of hydrogen-bond donors (Lipinski definition) is 2. The maximum Gasteiger partial charge on any atom is 0.335 e. The Hall–Kier alpha value is -2.88. The Kier molecular flexibility index (Phi) is 3.96. The first-order valence-electron chi connectivity index (χ1n) is 5.91. The van der Waals surface area contributed by atoms with Gasteiger partial charge in [-0.3, -0.25) is 0 Å². The quantitative estimate of drug-likeness (QED) is 0.835. The fourth-order valence-corrected chi connectivity index (χ4v) is 1.70. The number of benzene rings is 2. The number of carboxylic acids is 2. The van der Waals surface area contributed by atoms with E-state index in [1.807, 2.05) is 0 Å². The van der Waals surface area contributed by atoms with Crippen molar-refractivity contribution in [1.29, 1.82) is 0 Å². The fraction of sp³-hybridized carbons (Fsp3) is 0. The molecule has 20 heavy (non-hydrogen) atoms. The molecule has 0 saturated heterocycles. The second-order valence-corrected chi connectivity index (χ2v) is 4.19.